The van der Waals surface area contributed by atoms with Crippen molar-refractivity contribution in [3.8, 4) is 0 Å². The molecule has 0 aliphatic carbocycles. The number of anilines is 1. The van der Waals surface area contributed by atoms with Gasteiger partial charge in [0.1, 0.15) is 5.82 Å². The number of likely N-dealkylation sites (tertiary alicyclic amines) is 1. The number of hydrogen-bond donors (Lipinski definition) is 1. The number of amides is 2. The van der Waals surface area contributed by atoms with Gasteiger partial charge in [0, 0.05) is 44.2 Å². The van der Waals surface area contributed by atoms with E-state index in [-0.39, 0.29) is 17.6 Å². The van der Waals surface area contributed by atoms with Gasteiger partial charge >= 0.3 is 0 Å². The number of benzene rings is 1. The highest BCUT2D eigenvalue weighted by atomic mass is 19.1. The van der Waals surface area contributed by atoms with Crippen LogP contribution in [0.5, 0.6) is 0 Å². The number of piperidine rings is 1. The van der Waals surface area contributed by atoms with E-state index in [1.54, 1.807) is 12.1 Å². The van der Waals surface area contributed by atoms with Gasteiger partial charge in [0.15, 0.2) is 0 Å². The van der Waals surface area contributed by atoms with E-state index >= 15 is 0 Å². The van der Waals surface area contributed by atoms with E-state index in [9.17, 15) is 14.0 Å². The van der Waals surface area contributed by atoms with E-state index in [4.69, 9.17) is 0 Å². The fraction of sp³-hybridized carbons (Fsp3) is 0.600. The van der Waals surface area contributed by atoms with Crippen molar-refractivity contribution in [2.45, 2.75) is 51.5 Å². The van der Waals surface area contributed by atoms with E-state index in [1.807, 2.05) is 11.8 Å². The molecular formula is C20H28FN3O2. The van der Waals surface area contributed by atoms with Gasteiger partial charge in [-0.15, -0.1) is 0 Å². The minimum atomic E-state index is -0.240. The molecule has 5 nitrogen and oxygen atoms in total. The molecule has 2 aliphatic heterocycles. The van der Waals surface area contributed by atoms with E-state index < -0.39 is 0 Å². The van der Waals surface area contributed by atoms with Gasteiger partial charge in [-0.2, -0.15) is 0 Å². The molecule has 2 aliphatic rings. The topological polar surface area (TPSA) is 52.7 Å². The molecule has 26 heavy (non-hydrogen) atoms. The molecule has 2 heterocycles. The minimum absolute atomic E-state index is 0.127. The fourth-order valence-corrected chi connectivity index (χ4v) is 3.86. The first kappa shape index (κ1) is 18.8. The van der Waals surface area contributed by atoms with Crippen LogP contribution >= 0.6 is 0 Å². The largest absolute Gasteiger partial charge is 0.353 e. The molecule has 0 aromatic heterocycles. The highest BCUT2D eigenvalue weighted by molar-refractivity contribution is 5.96. The summed E-state index contributed by atoms with van der Waals surface area (Å²) in [7, 11) is 0. The quantitative estimate of drug-likeness (QED) is 0.847. The second-order valence-corrected chi connectivity index (χ2v) is 7.21. The summed E-state index contributed by atoms with van der Waals surface area (Å²) in [5.41, 5.74) is 1.79. The maximum absolute atomic E-state index is 13.4. The number of carbonyl (C=O) groups is 2. The van der Waals surface area contributed by atoms with Crippen molar-refractivity contribution >= 4 is 17.5 Å². The number of rotatable bonds is 6. The fourth-order valence-electron chi connectivity index (χ4n) is 3.86. The monoisotopic (exact) mass is 361 g/mol. The van der Waals surface area contributed by atoms with E-state index in [2.05, 4.69) is 10.2 Å². The summed E-state index contributed by atoms with van der Waals surface area (Å²) in [5.74, 6) is 0.0170. The van der Waals surface area contributed by atoms with Crippen molar-refractivity contribution in [1.82, 2.24) is 10.2 Å². The Kier molecular flexibility index (Phi) is 6.25. The number of aryl methyl sites for hydroxylation is 1. The molecule has 0 atom stereocenters. The Morgan fingerprint density at radius 1 is 1.23 bits per heavy atom. The Morgan fingerprint density at radius 3 is 2.73 bits per heavy atom. The van der Waals surface area contributed by atoms with Gasteiger partial charge in [-0.1, -0.05) is 6.92 Å². The maximum Gasteiger partial charge on any atom is 0.227 e. The number of fused-ring (bicyclic) bond motifs is 1. The molecule has 2 amide bonds. The molecule has 0 radical (unpaired) electrons. The summed E-state index contributed by atoms with van der Waals surface area (Å²) < 4.78 is 13.4. The summed E-state index contributed by atoms with van der Waals surface area (Å²) in [5, 5.41) is 3.07. The Labute approximate surface area is 154 Å². The first-order valence-corrected chi connectivity index (χ1v) is 9.67. The van der Waals surface area contributed by atoms with Crippen molar-refractivity contribution in [2.24, 2.45) is 0 Å². The van der Waals surface area contributed by atoms with Gasteiger partial charge in [0.2, 0.25) is 11.8 Å². The van der Waals surface area contributed by atoms with Crippen molar-refractivity contribution in [1.29, 1.82) is 0 Å². The molecule has 1 aromatic carbocycles. The average Bonchev–Trinajstić information content (AvgIpc) is 2.64. The summed E-state index contributed by atoms with van der Waals surface area (Å²) >= 11 is 0. The Balaban J connectivity index is 1.46. The zero-order valence-electron chi connectivity index (χ0n) is 15.5. The van der Waals surface area contributed by atoms with Crippen LogP contribution in [-0.4, -0.2) is 48.9 Å². The zero-order chi connectivity index (χ0) is 18.5. The predicted molar refractivity (Wildman–Crippen MR) is 99.6 cm³/mol. The van der Waals surface area contributed by atoms with Crippen molar-refractivity contribution in [2.75, 3.05) is 31.1 Å². The molecular weight excluding hydrogens is 333 g/mol. The van der Waals surface area contributed by atoms with Gasteiger partial charge in [-0.05, 0) is 56.0 Å². The lowest BCUT2D eigenvalue weighted by Crippen LogP contribution is -2.45. The summed E-state index contributed by atoms with van der Waals surface area (Å²) in [4.78, 5) is 28.0. The molecule has 0 unspecified atom stereocenters. The molecule has 0 bridgehead atoms. The highest BCUT2D eigenvalue weighted by Gasteiger charge is 2.25. The number of hydrogen-bond acceptors (Lipinski definition) is 3. The highest BCUT2D eigenvalue weighted by Crippen LogP contribution is 2.28. The summed E-state index contributed by atoms with van der Waals surface area (Å²) in [6, 6.07) is 5.00. The molecule has 1 N–H and O–H groups in total. The minimum Gasteiger partial charge on any atom is -0.353 e. The molecule has 0 spiro atoms. The molecule has 6 heteroatoms. The normalized spacial score (nSPS) is 18.7. The summed E-state index contributed by atoms with van der Waals surface area (Å²) in [6.45, 7) is 5.44. The smallest absolute Gasteiger partial charge is 0.227 e. The lowest BCUT2D eigenvalue weighted by Gasteiger charge is -2.34. The Bertz CT molecular complexity index is 656. The number of carbonyl (C=O) groups excluding carboxylic acids is 2. The third-order valence-electron chi connectivity index (χ3n) is 5.37. The molecule has 142 valence electrons. The van der Waals surface area contributed by atoms with Gasteiger partial charge in [-0.25, -0.2) is 4.39 Å². The van der Waals surface area contributed by atoms with Crippen LogP contribution in [0.4, 0.5) is 10.1 Å². The molecule has 1 fully saturated rings. The third-order valence-corrected chi connectivity index (χ3v) is 5.37. The van der Waals surface area contributed by atoms with Crippen molar-refractivity contribution < 1.29 is 14.0 Å². The number of halogens is 1. The molecule has 3 rings (SSSR count). The first-order valence-electron chi connectivity index (χ1n) is 9.67. The molecule has 1 saturated heterocycles. The van der Waals surface area contributed by atoms with Crippen LogP contribution < -0.4 is 10.2 Å². The predicted octanol–water partition coefficient (Wildman–Crippen LogP) is 2.49. The average molecular weight is 361 g/mol. The first-order chi connectivity index (χ1) is 12.6. The van der Waals surface area contributed by atoms with Crippen LogP contribution in [0.15, 0.2) is 18.2 Å². The van der Waals surface area contributed by atoms with Crippen LogP contribution in [0.25, 0.3) is 0 Å². The van der Waals surface area contributed by atoms with Gasteiger partial charge in [0.25, 0.3) is 0 Å². The third kappa shape index (κ3) is 4.61. The van der Waals surface area contributed by atoms with Crippen molar-refractivity contribution in [3.05, 3.63) is 29.6 Å². The van der Waals surface area contributed by atoms with Gasteiger partial charge in [0.05, 0.1) is 0 Å². The second kappa shape index (κ2) is 8.62. The second-order valence-electron chi connectivity index (χ2n) is 7.21. The van der Waals surface area contributed by atoms with E-state index in [0.29, 0.717) is 31.8 Å². The lowest BCUT2D eigenvalue weighted by molar-refractivity contribution is -0.121. The Morgan fingerprint density at radius 2 is 2.00 bits per heavy atom. The summed E-state index contributed by atoms with van der Waals surface area (Å²) in [6.07, 6.45) is 4.48. The number of nitrogens with zero attached hydrogens (tertiary/aromatic N) is 2. The lowest BCUT2D eigenvalue weighted by atomic mass is 10.0. The Hall–Kier alpha value is -1.95. The SMILES string of the molecule is CCC(=O)NC1CCN(CCCN2C(=O)CCc3cc(F)ccc32)CC1. The van der Waals surface area contributed by atoms with Crippen LogP contribution in [0, 0.1) is 5.82 Å². The zero-order valence-corrected chi connectivity index (χ0v) is 15.5. The molecule has 0 saturated carbocycles. The van der Waals surface area contributed by atoms with Gasteiger partial charge in [-0.3, -0.25) is 9.59 Å². The number of nitrogens with one attached hydrogen (secondary N) is 1. The standard InChI is InChI=1S/C20H28FN3O2/c1-2-19(25)22-17-8-12-23(13-9-17)10-3-11-24-18-6-5-16(21)14-15(18)4-7-20(24)26/h5-6,14,17H,2-4,7-13H2,1H3,(H,22,25). The van der Waals surface area contributed by atoms with Crippen LogP contribution in [0.3, 0.4) is 0 Å². The molecule has 1 aromatic rings. The van der Waals surface area contributed by atoms with Crippen LogP contribution in [0.1, 0.15) is 44.6 Å². The van der Waals surface area contributed by atoms with Gasteiger partial charge < -0.3 is 15.1 Å². The van der Waals surface area contributed by atoms with E-state index in [0.717, 1.165) is 50.1 Å². The maximum atomic E-state index is 13.4. The van der Waals surface area contributed by atoms with Crippen molar-refractivity contribution in [3.63, 3.8) is 0 Å². The van der Waals surface area contributed by atoms with E-state index in [1.165, 1.54) is 6.07 Å². The van der Waals surface area contributed by atoms with Crippen LogP contribution in [-0.2, 0) is 16.0 Å². The van der Waals surface area contributed by atoms with Crippen LogP contribution in [0.2, 0.25) is 0 Å².